The van der Waals surface area contributed by atoms with E-state index >= 15 is 0 Å². The Morgan fingerprint density at radius 2 is 2.33 bits per heavy atom. The van der Waals surface area contributed by atoms with Gasteiger partial charge in [-0.2, -0.15) is 0 Å². The van der Waals surface area contributed by atoms with E-state index < -0.39 is 11.6 Å². The lowest BCUT2D eigenvalue weighted by molar-refractivity contribution is -0.155. The van der Waals surface area contributed by atoms with Crippen LogP contribution in [0.2, 0.25) is 5.02 Å². The number of aliphatic carboxylic acids is 1. The minimum absolute atomic E-state index is 0.198. The third-order valence-electron chi connectivity index (χ3n) is 2.49. The molecule has 1 aromatic heterocycles. The van der Waals surface area contributed by atoms with E-state index in [0.29, 0.717) is 21.8 Å². The SMILES string of the molecule is CC(O)(CNc1noc2ccc(Cl)cc12)C(=O)O. The normalized spacial score (nSPS) is 14.4. The Morgan fingerprint density at radius 3 is 3.00 bits per heavy atom. The van der Waals surface area contributed by atoms with E-state index in [9.17, 15) is 9.90 Å². The minimum Gasteiger partial charge on any atom is -0.479 e. The molecule has 0 bridgehead atoms. The fourth-order valence-electron chi connectivity index (χ4n) is 1.37. The first-order chi connectivity index (χ1) is 8.40. The standard InChI is InChI=1S/C11H11ClN2O4/c1-11(17,10(15)16)5-13-9-7-4-6(12)2-3-8(7)18-14-9/h2-4,17H,5H2,1H3,(H,13,14)(H,15,16). The fourth-order valence-corrected chi connectivity index (χ4v) is 1.54. The van der Waals surface area contributed by atoms with Crippen molar-refractivity contribution in [2.45, 2.75) is 12.5 Å². The monoisotopic (exact) mass is 270 g/mol. The van der Waals surface area contributed by atoms with Crippen LogP contribution in [0.3, 0.4) is 0 Å². The summed E-state index contributed by atoms with van der Waals surface area (Å²) >= 11 is 5.85. The number of benzene rings is 1. The van der Waals surface area contributed by atoms with E-state index in [1.165, 1.54) is 6.92 Å². The Morgan fingerprint density at radius 1 is 1.61 bits per heavy atom. The number of carboxylic acids is 1. The number of halogens is 1. The van der Waals surface area contributed by atoms with Crippen molar-refractivity contribution in [2.75, 3.05) is 11.9 Å². The van der Waals surface area contributed by atoms with Crippen LogP contribution in [-0.4, -0.2) is 33.5 Å². The average Bonchev–Trinajstić information content (AvgIpc) is 2.68. The number of anilines is 1. The van der Waals surface area contributed by atoms with Gasteiger partial charge in [0.05, 0.1) is 11.9 Å². The third kappa shape index (κ3) is 2.39. The van der Waals surface area contributed by atoms with Crippen LogP contribution in [-0.2, 0) is 4.79 Å². The number of carboxylic acid groups (broad SMARTS) is 1. The lowest BCUT2D eigenvalue weighted by atomic mass is 10.1. The molecule has 6 nitrogen and oxygen atoms in total. The average molecular weight is 271 g/mol. The summed E-state index contributed by atoms with van der Waals surface area (Å²) in [5.41, 5.74) is -1.36. The third-order valence-corrected chi connectivity index (χ3v) is 2.73. The van der Waals surface area contributed by atoms with E-state index in [1.54, 1.807) is 18.2 Å². The number of hydrogen-bond donors (Lipinski definition) is 3. The van der Waals surface area contributed by atoms with Crippen LogP contribution in [0.25, 0.3) is 11.0 Å². The fraction of sp³-hybridized carbons (Fsp3) is 0.273. The lowest BCUT2D eigenvalue weighted by Crippen LogP contribution is -2.41. The highest BCUT2D eigenvalue weighted by Gasteiger charge is 2.30. The highest BCUT2D eigenvalue weighted by atomic mass is 35.5. The second-order valence-electron chi connectivity index (χ2n) is 4.10. The van der Waals surface area contributed by atoms with Gasteiger partial charge in [-0.1, -0.05) is 16.8 Å². The van der Waals surface area contributed by atoms with Crippen LogP contribution < -0.4 is 5.32 Å². The van der Waals surface area contributed by atoms with Crippen LogP contribution in [0.4, 0.5) is 5.82 Å². The molecule has 1 unspecified atom stereocenters. The molecule has 0 saturated heterocycles. The van der Waals surface area contributed by atoms with Crippen LogP contribution in [0, 0.1) is 0 Å². The molecule has 1 heterocycles. The minimum atomic E-state index is -1.89. The van der Waals surface area contributed by atoms with Crippen molar-refractivity contribution in [3.63, 3.8) is 0 Å². The van der Waals surface area contributed by atoms with Gasteiger partial charge in [0, 0.05) is 5.02 Å². The number of carbonyl (C=O) groups is 1. The van der Waals surface area contributed by atoms with Gasteiger partial charge >= 0.3 is 5.97 Å². The molecule has 1 aromatic carbocycles. The van der Waals surface area contributed by atoms with Crippen molar-refractivity contribution < 1.29 is 19.5 Å². The molecular weight excluding hydrogens is 260 g/mol. The molecule has 0 amide bonds. The maximum atomic E-state index is 10.7. The zero-order valence-corrected chi connectivity index (χ0v) is 10.2. The molecule has 0 radical (unpaired) electrons. The Labute approximate surface area is 107 Å². The molecule has 7 heteroatoms. The van der Waals surface area contributed by atoms with Crippen molar-refractivity contribution in [3.05, 3.63) is 23.2 Å². The van der Waals surface area contributed by atoms with Crippen molar-refractivity contribution in [3.8, 4) is 0 Å². The number of aliphatic hydroxyl groups is 1. The molecule has 18 heavy (non-hydrogen) atoms. The van der Waals surface area contributed by atoms with Crippen LogP contribution >= 0.6 is 11.6 Å². The Bertz CT molecular complexity index is 594. The van der Waals surface area contributed by atoms with Crippen molar-refractivity contribution >= 4 is 34.4 Å². The summed E-state index contributed by atoms with van der Waals surface area (Å²) in [7, 11) is 0. The molecule has 0 aliphatic carbocycles. The van der Waals surface area contributed by atoms with E-state index in [2.05, 4.69) is 10.5 Å². The highest BCUT2D eigenvalue weighted by Crippen LogP contribution is 2.26. The summed E-state index contributed by atoms with van der Waals surface area (Å²) in [6, 6.07) is 4.96. The summed E-state index contributed by atoms with van der Waals surface area (Å²) in [5, 5.41) is 26.0. The number of fused-ring (bicyclic) bond motifs is 1. The van der Waals surface area contributed by atoms with Gasteiger partial charge in [0.25, 0.3) is 0 Å². The summed E-state index contributed by atoms with van der Waals surface area (Å²) < 4.78 is 5.03. The van der Waals surface area contributed by atoms with Gasteiger partial charge in [0.1, 0.15) is 0 Å². The molecule has 96 valence electrons. The number of nitrogens with zero attached hydrogens (tertiary/aromatic N) is 1. The van der Waals surface area contributed by atoms with E-state index in [0.717, 1.165) is 0 Å². The second kappa shape index (κ2) is 4.47. The van der Waals surface area contributed by atoms with Gasteiger partial charge in [-0.15, -0.1) is 0 Å². The largest absolute Gasteiger partial charge is 0.479 e. The van der Waals surface area contributed by atoms with Gasteiger partial charge in [-0.05, 0) is 25.1 Å². The summed E-state index contributed by atoms with van der Waals surface area (Å²) in [5.74, 6) is -0.977. The van der Waals surface area contributed by atoms with E-state index in [4.69, 9.17) is 21.2 Å². The highest BCUT2D eigenvalue weighted by molar-refractivity contribution is 6.31. The van der Waals surface area contributed by atoms with Crippen LogP contribution in [0.1, 0.15) is 6.92 Å². The zero-order chi connectivity index (χ0) is 13.3. The molecule has 0 spiro atoms. The smallest absolute Gasteiger partial charge is 0.337 e. The van der Waals surface area contributed by atoms with Gasteiger partial charge in [0.2, 0.25) is 0 Å². The number of nitrogens with one attached hydrogen (secondary N) is 1. The molecule has 0 fully saturated rings. The number of hydrogen-bond acceptors (Lipinski definition) is 5. The molecule has 0 aliphatic heterocycles. The maximum absolute atomic E-state index is 10.7. The first-order valence-corrected chi connectivity index (χ1v) is 5.52. The number of aromatic nitrogens is 1. The zero-order valence-electron chi connectivity index (χ0n) is 9.48. The molecule has 0 saturated carbocycles. The van der Waals surface area contributed by atoms with Gasteiger partial charge in [-0.25, -0.2) is 4.79 Å². The van der Waals surface area contributed by atoms with Crippen molar-refractivity contribution in [1.29, 1.82) is 0 Å². The first kappa shape index (κ1) is 12.7. The predicted octanol–water partition coefficient (Wildman–Crippen LogP) is 1.73. The Hall–Kier alpha value is -1.79. The van der Waals surface area contributed by atoms with Crippen molar-refractivity contribution in [2.24, 2.45) is 0 Å². The van der Waals surface area contributed by atoms with Gasteiger partial charge in [0.15, 0.2) is 17.0 Å². The Kier molecular flexibility index (Phi) is 3.14. The maximum Gasteiger partial charge on any atom is 0.337 e. The molecule has 0 aliphatic rings. The summed E-state index contributed by atoms with van der Waals surface area (Å²) in [6.45, 7) is 0.994. The van der Waals surface area contributed by atoms with Gasteiger partial charge < -0.3 is 20.1 Å². The molecule has 2 rings (SSSR count). The number of rotatable bonds is 4. The molecule has 1 atom stereocenters. The lowest BCUT2D eigenvalue weighted by Gasteiger charge is -2.17. The molecule has 2 aromatic rings. The summed E-state index contributed by atoms with van der Waals surface area (Å²) in [6.07, 6.45) is 0. The van der Waals surface area contributed by atoms with Gasteiger partial charge in [-0.3, -0.25) is 0 Å². The predicted molar refractivity (Wildman–Crippen MR) is 65.8 cm³/mol. The topological polar surface area (TPSA) is 95.6 Å². The summed E-state index contributed by atoms with van der Waals surface area (Å²) in [4.78, 5) is 10.7. The van der Waals surface area contributed by atoms with E-state index in [1.807, 2.05) is 0 Å². The van der Waals surface area contributed by atoms with Crippen LogP contribution in [0.5, 0.6) is 0 Å². The first-order valence-electron chi connectivity index (χ1n) is 5.15. The quantitative estimate of drug-likeness (QED) is 0.783. The van der Waals surface area contributed by atoms with Crippen molar-refractivity contribution in [1.82, 2.24) is 5.16 Å². The van der Waals surface area contributed by atoms with E-state index in [-0.39, 0.29) is 6.54 Å². The second-order valence-corrected chi connectivity index (χ2v) is 4.54. The molecule has 3 N–H and O–H groups in total. The Balaban J connectivity index is 2.22. The molecular formula is C11H11ClN2O4. The van der Waals surface area contributed by atoms with Crippen LogP contribution in [0.15, 0.2) is 22.7 Å².